The maximum Gasteiger partial charge on any atom is 0.304 e. The van der Waals surface area contributed by atoms with Crippen molar-refractivity contribution in [3.8, 4) is 0 Å². The van der Waals surface area contributed by atoms with Gasteiger partial charge in [0.2, 0.25) is 0 Å². The maximum atomic E-state index is 12.4. The first kappa shape index (κ1) is 16.4. The Labute approximate surface area is 141 Å². The van der Waals surface area contributed by atoms with E-state index in [1.165, 1.54) is 0 Å². The van der Waals surface area contributed by atoms with Crippen LogP contribution in [0.25, 0.3) is 0 Å². The largest absolute Gasteiger partial charge is 0.481 e. The predicted molar refractivity (Wildman–Crippen MR) is 91.3 cm³/mol. The monoisotopic (exact) mass is 323 g/mol. The van der Waals surface area contributed by atoms with Crippen molar-refractivity contribution >= 4 is 11.8 Å². The second-order valence-electron chi connectivity index (χ2n) is 6.32. The van der Waals surface area contributed by atoms with Crippen LogP contribution in [0.1, 0.15) is 24.0 Å². The summed E-state index contributed by atoms with van der Waals surface area (Å²) in [7, 11) is 0. The smallest absolute Gasteiger partial charge is 0.304 e. The Kier molecular flexibility index (Phi) is 5.06. The van der Waals surface area contributed by atoms with Crippen LogP contribution in [-0.2, 0) is 22.7 Å². The number of hydrogen-bond acceptors (Lipinski definition) is 3. The first-order valence-corrected chi connectivity index (χ1v) is 8.21. The van der Waals surface area contributed by atoms with Crippen LogP contribution in [0.4, 0.5) is 0 Å². The van der Waals surface area contributed by atoms with Gasteiger partial charge in [0.15, 0.2) is 5.78 Å². The summed E-state index contributed by atoms with van der Waals surface area (Å²) in [4.78, 5) is 25.4. The van der Waals surface area contributed by atoms with Gasteiger partial charge in [0.05, 0.1) is 12.5 Å². The van der Waals surface area contributed by atoms with Gasteiger partial charge in [-0.1, -0.05) is 60.7 Å². The Morgan fingerprint density at radius 3 is 1.88 bits per heavy atom. The average Bonchev–Trinajstić information content (AvgIpc) is 2.59. The molecule has 1 fully saturated rings. The van der Waals surface area contributed by atoms with Gasteiger partial charge in [-0.05, 0) is 17.5 Å². The lowest BCUT2D eigenvalue weighted by molar-refractivity contribution is -0.148. The third-order valence-corrected chi connectivity index (χ3v) is 4.56. The van der Waals surface area contributed by atoms with Gasteiger partial charge in [0.25, 0.3) is 0 Å². The molecule has 0 aliphatic heterocycles. The van der Waals surface area contributed by atoms with Gasteiger partial charge in [-0.3, -0.25) is 14.5 Å². The van der Waals surface area contributed by atoms with Crippen LogP contribution in [-0.4, -0.2) is 27.8 Å². The van der Waals surface area contributed by atoms with E-state index in [9.17, 15) is 9.59 Å². The summed E-state index contributed by atoms with van der Waals surface area (Å²) >= 11 is 0. The molecule has 4 heteroatoms. The molecule has 1 saturated carbocycles. The van der Waals surface area contributed by atoms with Crippen molar-refractivity contribution in [2.24, 2.45) is 5.92 Å². The van der Waals surface area contributed by atoms with E-state index in [1.807, 2.05) is 36.4 Å². The number of carbonyl (C=O) groups excluding carboxylic acids is 1. The molecule has 2 aromatic carbocycles. The van der Waals surface area contributed by atoms with Crippen molar-refractivity contribution in [2.45, 2.75) is 32.0 Å². The van der Waals surface area contributed by atoms with Gasteiger partial charge >= 0.3 is 5.97 Å². The zero-order valence-electron chi connectivity index (χ0n) is 13.5. The number of ketones is 1. The van der Waals surface area contributed by atoms with Crippen molar-refractivity contribution in [3.63, 3.8) is 0 Å². The number of aliphatic carboxylic acids is 1. The molecule has 1 N–H and O–H groups in total. The molecular weight excluding hydrogens is 302 g/mol. The molecule has 1 aliphatic carbocycles. The Morgan fingerprint density at radius 2 is 1.46 bits per heavy atom. The molecule has 24 heavy (non-hydrogen) atoms. The lowest BCUT2D eigenvalue weighted by Crippen LogP contribution is -2.53. The first-order chi connectivity index (χ1) is 11.6. The summed E-state index contributed by atoms with van der Waals surface area (Å²) in [5.74, 6) is -1.17. The molecule has 3 rings (SSSR count). The minimum absolute atomic E-state index is 0.0557. The van der Waals surface area contributed by atoms with Gasteiger partial charge in [-0.2, -0.15) is 0 Å². The van der Waals surface area contributed by atoms with Crippen LogP contribution in [0, 0.1) is 5.92 Å². The molecule has 124 valence electrons. The summed E-state index contributed by atoms with van der Waals surface area (Å²) in [6.45, 7) is 1.37. The molecule has 0 heterocycles. The highest BCUT2D eigenvalue weighted by Gasteiger charge is 2.43. The average molecular weight is 323 g/mol. The Bertz CT molecular complexity index is 658. The number of carboxylic acid groups (broad SMARTS) is 1. The minimum atomic E-state index is -0.899. The van der Waals surface area contributed by atoms with Crippen molar-refractivity contribution in [3.05, 3.63) is 71.8 Å². The number of rotatable bonds is 7. The Hall–Kier alpha value is -2.46. The lowest BCUT2D eigenvalue weighted by Gasteiger charge is -2.41. The molecule has 2 unspecified atom stereocenters. The number of Topliss-reactive ketones (excluding diaryl/α,β-unsaturated/α-hetero) is 1. The van der Waals surface area contributed by atoms with Crippen LogP contribution in [0.15, 0.2) is 60.7 Å². The fourth-order valence-corrected chi connectivity index (χ4v) is 3.25. The van der Waals surface area contributed by atoms with E-state index in [-0.39, 0.29) is 24.2 Å². The Balaban J connectivity index is 1.73. The number of carbonyl (C=O) groups is 2. The fourth-order valence-electron chi connectivity index (χ4n) is 3.25. The van der Waals surface area contributed by atoms with Gasteiger partial charge in [-0.25, -0.2) is 0 Å². The van der Waals surface area contributed by atoms with Crippen LogP contribution in [0.5, 0.6) is 0 Å². The Morgan fingerprint density at radius 1 is 0.958 bits per heavy atom. The molecule has 4 nitrogen and oxygen atoms in total. The molecule has 0 amide bonds. The normalized spacial score (nSPS) is 20.0. The van der Waals surface area contributed by atoms with E-state index in [0.29, 0.717) is 19.5 Å². The van der Waals surface area contributed by atoms with Crippen LogP contribution in [0.3, 0.4) is 0 Å². The third kappa shape index (κ3) is 3.89. The third-order valence-electron chi connectivity index (χ3n) is 4.56. The topological polar surface area (TPSA) is 57.6 Å². The van der Waals surface area contributed by atoms with Crippen molar-refractivity contribution in [2.75, 3.05) is 0 Å². The van der Waals surface area contributed by atoms with Crippen molar-refractivity contribution in [1.29, 1.82) is 0 Å². The molecule has 0 saturated heterocycles. The zero-order chi connectivity index (χ0) is 16.9. The van der Waals surface area contributed by atoms with Crippen LogP contribution in [0.2, 0.25) is 0 Å². The molecule has 0 spiro atoms. The van der Waals surface area contributed by atoms with Crippen molar-refractivity contribution in [1.82, 2.24) is 4.90 Å². The second kappa shape index (κ2) is 7.41. The zero-order valence-corrected chi connectivity index (χ0v) is 13.5. The van der Waals surface area contributed by atoms with Crippen LogP contribution >= 0.6 is 0 Å². The van der Waals surface area contributed by atoms with Gasteiger partial charge in [0, 0.05) is 19.0 Å². The minimum Gasteiger partial charge on any atom is -0.481 e. The summed E-state index contributed by atoms with van der Waals surface area (Å²) in [6, 6.07) is 19.9. The summed E-state index contributed by atoms with van der Waals surface area (Å²) in [5.41, 5.74) is 2.31. The molecule has 1 aliphatic rings. The SMILES string of the molecule is O=C(O)CC1CC(N(Cc2ccccc2)Cc2ccccc2)C1=O. The highest BCUT2D eigenvalue weighted by molar-refractivity contribution is 5.94. The van der Waals surface area contributed by atoms with Crippen LogP contribution < -0.4 is 0 Å². The molecule has 0 radical (unpaired) electrons. The quantitative estimate of drug-likeness (QED) is 0.850. The molecule has 0 aromatic heterocycles. The number of benzene rings is 2. The second-order valence-corrected chi connectivity index (χ2v) is 6.32. The highest BCUT2D eigenvalue weighted by Crippen LogP contribution is 2.32. The van der Waals surface area contributed by atoms with Crippen molar-refractivity contribution < 1.29 is 14.7 Å². The van der Waals surface area contributed by atoms with Gasteiger partial charge in [-0.15, -0.1) is 0 Å². The first-order valence-electron chi connectivity index (χ1n) is 8.21. The van der Waals surface area contributed by atoms with E-state index in [1.54, 1.807) is 0 Å². The fraction of sp³-hybridized carbons (Fsp3) is 0.300. The lowest BCUT2D eigenvalue weighted by atomic mass is 9.75. The van der Waals surface area contributed by atoms with Gasteiger partial charge in [0.1, 0.15) is 0 Å². The molecular formula is C20H21NO3. The van der Waals surface area contributed by atoms with E-state index >= 15 is 0 Å². The van der Waals surface area contributed by atoms with E-state index in [0.717, 1.165) is 11.1 Å². The number of nitrogens with zero attached hydrogens (tertiary/aromatic N) is 1. The predicted octanol–water partition coefficient (Wildman–Crippen LogP) is 3.12. The van der Waals surface area contributed by atoms with E-state index in [4.69, 9.17) is 5.11 Å². The molecule has 2 atom stereocenters. The summed E-state index contributed by atoms with van der Waals surface area (Å²) in [5, 5.41) is 8.90. The van der Waals surface area contributed by atoms with Gasteiger partial charge < -0.3 is 5.11 Å². The summed E-state index contributed by atoms with van der Waals surface area (Å²) in [6.07, 6.45) is 0.574. The number of hydrogen-bond donors (Lipinski definition) is 1. The number of carboxylic acids is 1. The maximum absolute atomic E-state index is 12.4. The standard InChI is InChI=1S/C20H21NO3/c22-19(23)12-17-11-18(20(17)24)21(13-15-7-3-1-4-8-15)14-16-9-5-2-6-10-16/h1-10,17-18H,11-14H2,(H,22,23). The molecule has 2 aromatic rings. The molecule has 0 bridgehead atoms. The van der Waals surface area contributed by atoms with E-state index < -0.39 is 5.97 Å². The highest BCUT2D eigenvalue weighted by atomic mass is 16.4. The van der Waals surface area contributed by atoms with E-state index in [2.05, 4.69) is 29.2 Å². The summed E-state index contributed by atoms with van der Waals surface area (Å²) < 4.78 is 0.